The first kappa shape index (κ1) is 19.6. The van der Waals surface area contributed by atoms with Crippen molar-refractivity contribution in [3.63, 3.8) is 0 Å². The summed E-state index contributed by atoms with van der Waals surface area (Å²) < 4.78 is 0. The highest BCUT2D eigenvalue weighted by Gasteiger charge is 2.57. The van der Waals surface area contributed by atoms with Gasteiger partial charge in [0.15, 0.2) is 0 Å². The number of allylic oxidation sites excluding steroid dienone is 2. The van der Waals surface area contributed by atoms with Gasteiger partial charge in [-0.2, -0.15) is 0 Å². The number of aldehydes is 1. The topological polar surface area (TPSA) is 46.2 Å². The third-order valence-electron chi connectivity index (χ3n) is 8.31. The van der Waals surface area contributed by atoms with E-state index in [0.717, 1.165) is 31.5 Å². The second-order valence-corrected chi connectivity index (χ2v) is 9.96. The molecule has 3 heteroatoms. The fraction of sp³-hybridized carbons (Fsp3) is 0.826. The van der Waals surface area contributed by atoms with E-state index in [4.69, 9.17) is 0 Å². The van der Waals surface area contributed by atoms with Gasteiger partial charge in [0.2, 0.25) is 5.91 Å². The first-order chi connectivity index (χ1) is 12.3. The summed E-state index contributed by atoms with van der Waals surface area (Å²) in [6, 6.07) is 0. The number of hydrogen-bond acceptors (Lipinski definition) is 2. The second-order valence-electron chi connectivity index (χ2n) is 9.96. The van der Waals surface area contributed by atoms with Crippen LogP contribution in [0.5, 0.6) is 0 Å². The molecule has 0 saturated heterocycles. The molecule has 3 aliphatic rings. The Morgan fingerprint density at radius 2 is 2.04 bits per heavy atom. The zero-order valence-corrected chi connectivity index (χ0v) is 17.2. The molecule has 1 amide bonds. The molecule has 5 atom stereocenters. The largest absolute Gasteiger partial charge is 0.355 e. The van der Waals surface area contributed by atoms with Crippen molar-refractivity contribution in [1.29, 1.82) is 0 Å². The maximum atomic E-state index is 13.1. The highest BCUT2D eigenvalue weighted by molar-refractivity contribution is 5.83. The number of nitrogens with one attached hydrogen (secondary N) is 1. The summed E-state index contributed by atoms with van der Waals surface area (Å²) in [4.78, 5) is 23.7. The molecular weight excluding hydrogens is 322 g/mol. The molecule has 3 nitrogen and oxygen atoms in total. The van der Waals surface area contributed by atoms with Gasteiger partial charge >= 0.3 is 0 Å². The highest BCUT2D eigenvalue weighted by atomic mass is 16.2. The van der Waals surface area contributed by atoms with Crippen molar-refractivity contribution < 1.29 is 9.59 Å². The molecule has 0 radical (unpaired) electrons. The van der Waals surface area contributed by atoms with Crippen molar-refractivity contribution >= 4 is 12.2 Å². The van der Waals surface area contributed by atoms with Crippen LogP contribution in [0.25, 0.3) is 0 Å². The molecule has 0 heterocycles. The predicted molar refractivity (Wildman–Crippen MR) is 106 cm³/mol. The van der Waals surface area contributed by atoms with Gasteiger partial charge in [0.05, 0.1) is 0 Å². The predicted octanol–water partition coefficient (Wildman–Crippen LogP) is 5.05. The van der Waals surface area contributed by atoms with E-state index in [1.54, 1.807) is 5.57 Å². The van der Waals surface area contributed by atoms with Crippen LogP contribution in [0.1, 0.15) is 85.5 Å². The SMILES string of the molecule is CC[C@@]1(C)CC=C2C(CCC3[C@](C)(C(=O)NCCC=O)CCC[C@@]23C)C1. The molecule has 3 rings (SSSR count). The number of rotatable bonds is 5. The van der Waals surface area contributed by atoms with Crippen molar-refractivity contribution in [3.8, 4) is 0 Å². The van der Waals surface area contributed by atoms with Gasteiger partial charge < -0.3 is 10.1 Å². The summed E-state index contributed by atoms with van der Waals surface area (Å²) in [6.45, 7) is 9.88. The van der Waals surface area contributed by atoms with Crippen LogP contribution in [0.4, 0.5) is 0 Å². The molecule has 2 unspecified atom stereocenters. The molecule has 26 heavy (non-hydrogen) atoms. The van der Waals surface area contributed by atoms with Crippen LogP contribution in [0.2, 0.25) is 0 Å². The normalized spacial score (nSPS) is 42.2. The van der Waals surface area contributed by atoms with Gasteiger partial charge in [0, 0.05) is 18.4 Å². The van der Waals surface area contributed by atoms with Crippen molar-refractivity contribution in [2.45, 2.75) is 85.5 Å². The van der Waals surface area contributed by atoms with Crippen LogP contribution in [0.15, 0.2) is 11.6 Å². The van der Waals surface area contributed by atoms with Gasteiger partial charge in [-0.3, -0.25) is 4.79 Å². The standard InChI is InChI=1S/C23H37NO2/c1-5-21(2)13-10-18-17(16-21)8-9-19-22(18,3)11-6-12-23(19,4)20(26)24-14-7-15-25/h10,15,17,19H,5-9,11-14,16H2,1-4H3,(H,24,26)/t17?,19?,21-,22-,23+/m0/s1. The zero-order chi connectivity index (χ0) is 19.0. The Kier molecular flexibility index (Phi) is 5.38. The highest BCUT2D eigenvalue weighted by Crippen LogP contribution is 2.63. The fourth-order valence-electron chi connectivity index (χ4n) is 6.50. The maximum absolute atomic E-state index is 13.1. The van der Waals surface area contributed by atoms with Gasteiger partial charge in [-0.25, -0.2) is 0 Å². The first-order valence-corrected chi connectivity index (χ1v) is 10.7. The quantitative estimate of drug-likeness (QED) is 0.424. The van der Waals surface area contributed by atoms with Crippen LogP contribution in [-0.4, -0.2) is 18.7 Å². The summed E-state index contributed by atoms with van der Waals surface area (Å²) in [5.41, 5.74) is 2.01. The molecule has 2 saturated carbocycles. The molecule has 1 N–H and O–H groups in total. The molecule has 3 aliphatic carbocycles. The van der Waals surface area contributed by atoms with Crippen LogP contribution in [-0.2, 0) is 9.59 Å². The van der Waals surface area contributed by atoms with Crippen molar-refractivity contribution in [3.05, 3.63) is 11.6 Å². The second kappa shape index (κ2) is 7.13. The minimum atomic E-state index is -0.298. The zero-order valence-electron chi connectivity index (χ0n) is 17.2. The van der Waals surface area contributed by atoms with Gasteiger partial charge in [-0.1, -0.05) is 52.2 Å². The molecule has 0 bridgehead atoms. The number of carbonyl (C=O) groups is 2. The monoisotopic (exact) mass is 359 g/mol. The molecule has 146 valence electrons. The average Bonchev–Trinajstić information content (AvgIpc) is 2.61. The minimum absolute atomic E-state index is 0.170. The summed E-state index contributed by atoms with van der Waals surface area (Å²) >= 11 is 0. The average molecular weight is 360 g/mol. The number of hydrogen-bond donors (Lipinski definition) is 1. The van der Waals surface area contributed by atoms with Crippen LogP contribution in [0.3, 0.4) is 0 Å². The van der Waals surface area contributed by atoms with Crippen molar-refractivity contribution in [2.24, 2.45) is 28.1 Å². The molecule has 0 aromatic heterocycles. The Morgan fingerprint density at radius 1 is 1.27 bits per heavy atom. The first-order valence-electron chi connectivity index (χ1n) is 10.7. The fourth-order valence-corrected chi connectivity index (χ4v) is 6.50. The lowest BCUT2D eigenvalue weighted by atomic mass is 9.46. The molecule has 0 aromatic rings. The van der Waals surface area contributed by atoms with Crippen LogP contribution < -0.4 is 5.32 Å². The lowest BCUT2D eigenvalue weighted by molar-refractivity contribution is -0.142. The van der Waals surface area contributed by atoms with E-state index in [1.165, 1.54) is 32.1 Å². The van der Waals surface area contributed by atoms with E-state index in [1.807, 2.05) is 0 Å². The van der Waals surface area contributed by atoms with Crippen molar-refractivity contribution in [1.82, 2.24) is 5.32 Å². The van der Waals surface area contributed by atoms with Crippen LogP contribution in [0, 0.1) is 28.1 Å². The minimum Gasteiger partial charge on any atom is -0.355 e. The smallest absolute Gasteiger partial charge is 0.226 e. The Morgan fingerprint density at radius 3 is 2.73 bits per heavy atom. The summed E-state index contributed by atoms with van der Waals surface area (Å²) in [5, 5.41) is 3.05. The van der Waals surface area contributed by atoms with Gasteiger partial charge in [0.25, 0.3) is 0 Å². The Hall–Kier alpha value is -1.12. The Labute approximate surface area is 159 Å². The third-order valence-corrected chi connectivity index (χ3v) is 8.31. The van der Waals surface area contributed by atoms with Crippen molar-refractivity contribution in [2.75, 3.05) is 6.54 Å². The summed E-state index contributed by atoms with van der Waals surface area (Å²) in [6.07, 6.45) is 13.4. The van der Waals surface area contributed by atoms with Gasteiger partial charge in [0.1, 0.15) is 6.29 Å². The third kappa shape index (κ3) is 3.16. The molecular formula is C23H37NO2. The van der Waals surface area contributed by atoms with E-state index >= 15 is 0 Å². The number of amides is 1. The number of fused-ring (bicyclic) bond motifs is 3. The van der Waals surface area contributed by atoms with E-state index in [9.17, 15) is 9.59 Å². The van der Waals surface area contributed by atoms with E-state index in [0.29, 0.717) is 24.3 Å². The Balaban J connectivity index is 1.86. The lowest BCUT2D eigenvalue weighted by Crippen LogP contribution is -2.55. The van der Waals surface area contributed by atoms with E-state index in [-0.39, 0.29) is 16.7 Å². The lowest BCUT2D eigenvalue weighted by Gasteiger charge is -2.58. The molecule has 0 aliphatic heterocycles. The van der Waals surface area contributed by atoms with Gasteiger partial charge in [-0.15, -0.1) is 0 Å². The molecule has 2 fully saturated rings. The molecule has 0 aromatic carbocycles. The summed E-state index contributed by atoms with van der Waals surface area (Å²) in [5.74, 6) is 1.31. The van der Waals surface area contributed by atoms with Gasteiger partial charge in [-0.05, 0) is 61.2 Å². The maximum Gasteiger partial charge on any atom is 0.226 e. The summed E-state index contributed by atoms with van der Waals surface area (Å²) in [7, 11) is 0. The van der Waals surface area contributed by atoms with E-state index in [2.05, 4.69) is 39.1 Å². The van der Waals surface area contributed by atoms with Crippen LogP contribution >= 0.6 is 0 Å². The number of carbonyl (C=O) groups excluding carboxylic acids is 2. The van der Waals surface area contributed by atoms with E-state index < -0.39 is 0 Å². The Bertz CT molecular complexity index is 597. The molecule has 0 spiro atoms.